The number of carboxylic acids is 1. The van der Waals surface area contributed by atoms with Gasteiger partial charge in [0.2, 0.25) is 0 Å². The average molecular weight is 238 g/mol. The highest BCUT2D eigenvalue weighted by Gasteiger charge is 2.42. The Morgan fingerprint density at radius 3 is 2.56 bits per heavy atom. The zero-order chi connectivity index (χ0) is 11.6. The zero-order valence-corrected chi connectivity index (χ0v) is 10.5. The lowest BCUT2D eigenvalue weighted by Gasteiger charge is -2.32. The van der Waals surface area contributed by atoms with Crippen molar-refractivity contribution in [3.05, 3.63) is 21.9 Å². The number of aryl methyl sites for hydroxylation is 1. The maximum Gasteiger partial charge on any atom is 0.314 e. The normalized spacial score (nSPS) is 19.6. The number of hydrogen-bond acceptors (Lipinski definition) is 2. The fourth-order valence-corrected chi connectivity index (χ4v) is 3.73. The van der Waals surface area contributed by atoms with Crippen LogP contribution in [0, 0.1) is 0 Å². The third-order valence-electron chi connectivity index (χ3n) is 3.60. The van der Waals surface area contributed by atoms with Crippen LogP contribution in [0.4, 0.5) is 0 Å². The van der Waals surface area contributed by atoms with Gasteiger partial charge >= 0.3 is 5.97 Å². The molecule has 2 nitrogen and oxygen atoms in total. The molecule has 0 spiro atoms. The van der Waals surface area contributed by atoms with Crippen molar-refractivity contribution in [2.45, 2.75) is 50.9 Å². The third kappa shape index (κ3) is 1.88. The number of thiophene rings is 1. The molecule has 1 aliphatic carbocycles. The zero-order valence-electron chi connectivity index (χ0n) is 9.66. The van der Waals surface area contributed by atoms with Gasteiger partial charge in [-0.2, -0.15) is 0 Å². The summed E-state index contributed by atoms with van der Waals surface area (Å²) >= 11 is 1.69. The van der Waals surface area contributed by atoms with Crippen LogP contribution in [-0.4, -0.2) is 11.1 Å². The van der Waals surface area contributed by atoms with E-state index in [9.17, 15) is 9.90 Å². The molecule has 1 aromatic rings. The van der Waals surface area contributed by atoms with E-state index in [-0.39, 0.29) is 0 Å². The summed E-state index contributed by atoms with van der Waals surface area (Å²) in [6, 6.07) is 4.11. The molecule has 0 amide bonds. The molecule has 0 aliphatic heterocycles. The molecule has 0 saturated heterocycles. The minimum atomic E-state index is -0.628. The van der Waals surface area contributed by atoms with Crippen molar-refractivity contribution in [2.75, 3.05) is 0 Å². The summed E-state index contributed by atoms with van der Waals surface area (Å²) in [5.41, 5.74) is -0.573. The summed E-state index contributed by atoms with van der Waals surface area (Å²) in [5.74, 6) is -0.628. The molecule has 1 aromatic heterocycles. The smallest absolute Gasteiger partial charge is 0.314 e. The Hall–Kier alpha value is -0.830. The predicted octanol–water partition coefficient (Wildman–Crippen LogP) is 3.60. The van der Waals surface area contributed by atoms with Gasteiger partial charge in [-0.05, 0) is 31.4 Å². The number of carboxylic acid groups (broad SMARTS) is 1. The summed E-state index contributed by atoms with van der Waals surface area (Å²) in [5, 5.41) is 9.53. The number of carbonyl (C=O) groups is 1. The summed E-state index contributed by atoms with van der Waals surface area (Å²) in [4.78, 5) is 13.9. The van der Waals surface area contributed by atoms with Crippen molar-refractivity contribution in [3.8, 4) is 0 Å². The minimum Gasteiger partial charge on any atom is -0.481 e. The Labute approximate surface area is 100 Å². The van der Waals surface area contributed by atoms with Crippen molar-refractivity contribution in [1.82, 2.24) is 0 Å². The SMILES string of the molecule is CCc1ccc(C2(C(=O)O)CCCCC2)s1. The third-order valence-corrected chi connectivity index (χ3v) is 5.03. The average Bonchev–Trinajstić information content (AvgIpc) is 2.78. The van der Waals surface area contributed by atoms with E-state index in [4.69, 9.17) is 0 Å². The van der Waals surface area contributed by atoms with Crippen LogP contribution in [0.3, 0.4) is 0 Å². The van der Waals surface area contributed by atoms with Crippen LogP contribution in [-0.2, 0) is 16.6 Å². The molecule has 0 bridgehead atoms. The summed E-state index contributed by atoms with van der Waals surface area (Å²) < 4.78 is 0. The first kappa shape index (κ1) is 11.6. The lowest BCUT2D eigenvalue weighted by Crippen LogP contribution is -2.36. The summed E-state index contributed by atoms with van der Waals surface area (Å²) in [7, 11) is 0. The van der Waals surface area contributed by atoms with E-state index in [0.717, 1.165) is 37.0 Å². The summed E-state index contributed by atoms with van der Waals surface area (Å²) in [6.45, 7) is 2.12. The fourth-order valence-electron chi connectivity index (χ4n) is 2.55. The van der Waals surface area contributed by atoms with Crippen molar-refractivity contribution in [2.24, 2.45) is 0 Å². The van der Waals surface area contributed by atoms with Crippen molar-refractivity contribution >= 4 is 17.3 Å². The van der Waals surface area contributed by atoms with Gasteiger partial charge in [-0.25, -0.2) is 0 Å². The number of hydrogen-bond donors (Lipinski definition) is 1. The van der Waals surface area contributed by atoms with E-state index in [1.54, 1.807) is 11.3 Å². The van der Waals surface area contributed by atoms with Crippen molar-refractivity contribution in [1.29, 1.82) is 0 Å². The molecule has 1 fully saturated rings. The van der Waals surface area contributed by atoms with E-state index >= 15 is 0 Å². The van der Waals surface area contributed by atoms with Crippen LogP contribution in [0.15, 0.2) is 12.1 Å². The van der Waals surface area contributed by atoms with Crippen LogP contribution in [0.5, 0.6) is 0 Å². The van der Waals surface area contributed by atoms with Crippen LogP contribution in [0.2, 0.25) is 0 Å². The number of rotatable bonds is 3. The Morgan fingerprint density at radius 2 is 2.06 bits per heavy atom. The Bertz CT molecular complexity index is 375. The molecule has 3 heteroatoms. The topological polar surface area (TPSA) is 37.3 Å². The molecule has 1 heterocycles. The van der Waals surface area contributed by atoms with E-state index in [1.807, 2.05) is 6.07 Å². The molecule has 16 heavy (non-hydrogen) atoms. The lowest BCUT2D eigenvalue weighted by molar-refractivity contribution is -0.145. The van der Waals surface area contributed by atoms with Gasteiger partial charge in [-0.3, -0.25) is 4.79 Å². The Morgan fingerprint density at radius 1 is 1.38 bits per heavy atom. The first-order valence-corrected chi connectivity index (χ1v) is 6.83. The maximum atomic E-state index is 11.6. The lowest BCUT2D eigenvalue weighted by atomic mass is 9.73. The van der Waals surface area contributed by atoms with Gasteiger partial charge in [-0.1, -0.05) is 26.2 Å². The quantitative estimate of drug-likeness (QED) is 0.873. The molecule has 0 radical (unpaired) electrons. The van der Waals surface area contributed by atoms with Gasteiger partial charge in [0.1, 0.15) is 5.41 Å². The van der Waals surface area contributed by atoms with E-state index < -0.39 is 11.4 Å². The predicted molar refractivity (Wildman–Crippen MR) is 66.1 cm³/mol. The van der Waals surface area contributed by atoms with Gasteiger partial charge in [0.25, 0.3) is 0 Å². The standard InChI is InChI=1S/C13H18O2S/c1-2-10-6-7-11(16-10)13(12(14)15)8-4-3-5-9-13/h6-7H,2-5,8-9H2,1H3,(H,14,15). The molecular formula is C13H18O2S. The second-order valence-corrected chi connectivity index (χ2v) is 5.74. The van der Waals surface area contributed by atoms with Crippen LogP contribution >= 0.6 is 11.3 Å². The molecular weight excluding hydrogens is 220 g/mol. The molecule has 0 unspecified atom stereocenters. The highest BCUT2D eigenvalue weighted by molar-refractivity contribution is 7.12. The van der Waals surface area contributed by atoms with Gasteiger partial charge in [0.15, 0.2) is 0 Å². The van der Waals surface area contributed by atoms with Gasteiger partial charge < -0.3 is 5.11 Å². The van der Waals surface area contributed by atoms with Gasteiger partial charge in [0.05, 0.1) is 0 Å². The molecule has 1 N–H and O–H groups in total. The molecule has 0 atom stereocenters. The molecule has 88 valence electrons. The molecule has 2 rings (SSSR count). The van der Waals surface area contributed by atoms with Gasteiger partial charge in [-0.15, -0.1) is 11.3 Å². The monoisotopic (exact) mass is 238 g/mol. The molecule has 1 aliphatic rings. The van der Waals surface area contributed by atoms with Crippen molar-refractivity contribution in [3.63, 3.8) is 0 Å². The first-order chi connectivity index (χ1) is 7.69. The molecule has 0 aromatic carbocycles. The second kappa shape index (κ2) is 4.58. The van der Waals surface area contributed by atoms with Crippen LogP contribution in [0.1, 0.15) is 48.8 Å². The fraction of sp³-hybridized carbons (Fsp3) is 0.615. The Balaban J connectivity index is 2.34. The molecule has 1 saturated carbocycles. The van der Waals surface area contributed by atoms with E-state index in [0.29, 0.717) is 0 Å². The first-order valence-electron chi connectivity index (χ1n) is 6.01. The van der Waals surface area contributed by atoms with Crippen LogP contribution in [0.25, 0.3) is 0 Å². The maximum absolute atomic E-state index is 11.6. The van der Waals surface area contributed by atoms with Crippen molar-refractivity contribution < 1.29 is 9.90 Å². The Kier molecular flexibility index (Phi) is 3.33. The second-order valence-electron chi connectivity index (χ2n) is 4.57. The van der Waals surface area contributed by atoms with E-state index in [2.05, 4.69) is 13.0 Å². The van der Waals surface area contributed by atoms with E-state index in [1.165, 1.54) is 11.3 Å². The number of aliphatic carboxylic acids is 1. The summed E-state index contributed by atoms with van der Waals surface area (Å²) in [6.07, 6.45) is 5.90. The van der Waals surface area contributed by atoms with Crippen LogP contribution < -0.4 is 0 Å². The minimum absolute atomic E-state index is 0.573. The highest BCUT2D eigenvalue weighted by atomic mass is 32.1. The largest absolute Gasteiger partial charge is 0.481 e. The van der Waals surface area contributed by atoms with Gasteiger partial charge in [0, 0.05) is 9.75 Å². The highest BCUT2D eigenvalue weighted by Crippen LogP contribution is 2.42.